The second kappa shape index (κ2) is 12.9. The first-order valence-electron chi connectivity index (χ1n) is 11.2. The van der Waals surface area contributed by atoms with Crippen LogP contribution < -0.4 is 15.4 Å². The molecule has 0 unspecified atom stereocenters. The molecule has 0 fully saturated rings. The lowest BCUT2D eigenvalue weighted by Crippen LogP contribution is -2.58. The van der Waals surface area contributed by atoms with Crippen molar-refractivity contribution in [3.8, 4) is 5.75 Å². The van der Waals surface area contributed by atoms with Crippen molar-refractivity contribution < 1.29 is 28.8 Å². The number of nitro groups is 1. The highest BCUT2D eigenvalue weighted by molar-refractivity contribution is 5.92. The fraction of sp³-hybridized carbons (Fsp3) is 0.625. The van der Waals surface area contributed by atoms with E-state index >= 15 is 0 Å². The summed E-state index contributed by atoms with van der Waals surface area (Å²) in [5.74, 6) is -1.99. The van der Waals surface area contributed by atoms with Gasteiger partial charge in [-0.05, 0) is 35.4 Å². The van der Waals surface area contributed by atoms with Crippen LogP contribution in [0.2, 0.25) is 0 Å². The summed E-state index contributed by atoms with van der Waals surface area (Å²) in [6, 6.07) is 5.04. The van der Waals surface area contributed by atoms with Crippen LogP contribution in [0.5, 0.6) is 5.75 Å². The predicted molar refractivity (Wildman–Crippen MR) is 127 cm³/mol. The Labute approximate surface area is 200 Å². The molecular weight excluding hydrogens is 442 g/mol. The summed E-state index contributed by atoms with van der Waals surface area (Å²) in [5, 5.41) is 16.4. The van der Waals surface area contributed by atoms with Crippen LogP contribution in [0.3, 0.4) is 0 Å². The Kier molecular flexibility index (Phi) is 11.0. The smallest absolute Gasteiger partial charge is 0.328 e. The summed E-state index contributed by atoms with van der Waals surface area (Å²) >= 11 is 0. The fourth-order valence-corrected chi connectivity index (χ4v) is 3.57. The van der Waals surface area contributed by atoms with E-state index in [-0.39, 0.29) is 12.3 Å². The van der Waals surface area contributed by atoms with Crippen molar-refractivity contribution in [1.29, 1.82) is 0 Å². The van der Waals surface area contributed by atoms with Crippen molar-refractivity contribution in [2.75, 3.05) is 20.8 Å². The molecule has 0 saturated heterocycles. The first-order valence-corrected chi connectivity index (χ1v) is 11.2. The van der Waals surface area contributed by atoms with Crippen molar-refractivity contribution in [3.63, 3.8) is 0 Å². The lowest BCUT2D eigenvalue weighted by Gasteiger charge is -2.32. The van der Waals surface area contributed by atoms with Crippen LogP contribution in [0.1, 0.15) is 46.6 Å². The van der Waals surface area contributed by atoms with Gasteiger partial charge < -0.3 is 20.1 Å². The minimum atomic E-state index is -1.03. The van der Waals surface area contributed by atoms with Gasteiger partial charge in [0.15, 0.2) is 0 Å². The maximum atomic E-state index is 13.2. The number of carbonyl (C=O) groups excluding carboxylic acids is 3. The zero-order valence-corrected chi connectivity index (χ0v) is 21.0. The van der Waals surface area contributed by atoms with Gasteiger partial charge in [-0.2, -0.15) is 0 Å². The molecular formula is C24H37N3O7. The molecule has 1 rings (SSSR count). The molecule has 1 aromatic carbocycles. The Hall–Kier alpha value is -3.17. The Morgan fingerprint density at radius 3 is 2.24 bits per heavy atom. The van der Waals surface area contributed by atoms with Gasteiger partial charge in [-0.3, -0.25) is 19.7 Å². The second-order valence-electron chi connectivity index (χ2n) is 9.79. The first kappa shape index (κ1) is 28.9. The summed E-state index contributed by atoms with van der Waals surface area (Å²) in [7, 11) is 2.75. The average molecular weight is 480 g/mol. The number of benzene rings is 1. The van der Waals surface area contributed by atoms with Gasteiger partial charge in [-0.25, -0.2) is 4.79 Å². The highest BCUT2D eigenvalue weighted by Crippen LogP contribution is 2.22. The molecule has 1 aromatic rings. The third-order valence-electron chi connectivity index (χ3n) is 5.29. The number of ether oxygens (including phenoxy) is 2. The van der Waals surface area contributed by atoms with Gasteiger partial charge in [0, 0.05) is 11.3 Å². The molecule has 190 valence electrons. The summed E-state index contributed by atoms with van der Waals surface area (Å²) in [4.78, 5) is 49.1. The lowest BCUT2D eigenvalue weighted by molar-refractivity contribution is -0.486. The molecule has 0 aromatic heterocycles. The Bertz CT molecular complexity index is 864. The van der Waals surface area contributed by atoms with Gasteiger partial charge >= 0.3 is 5.97 Å². The number of hydrogen-bond donors (Lipinski definition) is 2. The normalized spacial score (nSPS) is 14.0. The van der Waals surface area contributed by atoms with Gasteiger partial charge in [0.1, 0.15) is 23.8 Å². The standard InChI is InChI=1S/C24H37N3O7/c1-15(2)11-17(14-27(31)32)21(28)26-20(24(3,4)5)22(29)25-19(23(30)34-7)13-16-9-8-10-18(12-16)33-6/h8-10,12,15,17,19-20H,11,13-14H2,1-7H3,(H,25,29)(H,26,28)/t17-,19+,20-/m1/s1. The van der Waals surface area contributed by atoms with Crippen molar-refractivity contribution in [1.82, 2.24) is 10.6 Å². The molecule has 0 bridgehead atoms. The summed E-state index contributed by atoms with van der Waals surface area (Å²) < 4.78 is 10.1. The molecule has 2 N–H and O–H groups in total. The molecule has 0 radical (unpaired) electrons. The number of nitrogens with zero attached hydrogens (tertiary/aromatic N) is 1. The molecule has 10 nitrogen and oxygen atoms in total. The summed E-state index contributed by atoms with van der Waals surface area (Å²) in [5.41, 5.74) is 0.0160. The molecule has 0 aliphatic rings. The maximum Gasteiger partial charge on any atom is 0.328 e. The number of hydrogen-bond acceptors (Lipinski definition) is 7. The first-order chi connectivity index (χ1) is 15.8. The van der Waals surface area contributed by atoms with E-state index in [1.807, 2.05) is 13.8 Å². The molecule has 0 spiro atoms. The van der Waals surface area contributed by atoms with E-state index in [2.05, 4.69) is 10.6 Å². The Morgan fingerprint density at radius 1 is 1.09 bits per heavy atom. The van der Waals surface area contributed by atoms with Crippen LogP contribution in [0.25, 0.3) is 0 Å². The van der Waals surface area contributed by atoms with Crippen LogP contribution in [-0.2, 0) is 25.5 Å². The molecule has 0 aliphatic heterocycles. The molecule has 3 atom stereocenters. The van der Waals surface area contributed by atoms with Gasteiger partial charge in [-0.1, -0.05) is 46.8 Å². The minimum absolute atomic E-state index is 0.0594. The molecule has 34 heavy (non-hydrogen) atoms. The zero-order valence-electron chi connectivity index (χ0n) is 21.0. The number of amides is 2. The van der Waals surface area contributed by atoms with Crippen LogP contribution in [0.15, 0.2) is 24.3 Å². The molecule has 2 amide bonds. The number of nitrogens with one attached hydrogen (secondary N) is 2. The quantitative estimate of drug-likeness (QED) is 0.267. The monoisotopic (exact) mass is 479 g/mol. The van der Waals surface area contributed by atoms with E-state index < -0.39 is 52.7 Å². The van der Waals surface area contributed by atoms with E-state index in [4.69, 9.17) is 9.47 Å². The molecule has 0 heterocycles. The van der Waals surface area contributed by atoms with E-state index in [1.165, 1.54) is 14.2 Å². The van der Waals surface area contributed by atoms with Gasteiger partial charge in [0.25, 0.3) is 0 Å². The van der Waals surface area contributed by atoms with Gasteiger partial charge in [0.05, 0.1) is 14.2 Å². The van der Waals surface area contributed by atoms with Gasteiger partial charge in [0.2, 0.25) is 18.4 Å². The van der Waals surface area contributed by atoms with Crippen LogP contribution in [-0.4, -0.2) is 55.6 Å². The largest absolute Gasteiger partial charge is 0.497 e. The van der Waals surface area contributed by atoms with Gasteiger partial charge in [-0.15, -0.1) is 0 Å². The van der Waals surface area contributed by atoms with Crippen molar-refractivity contribution >= 4 is 17.8 Å². The zero-order chi connectivity index (χ0) is 26.1. The fourth-order valence-electron chi connectivity index (χ4n) is 3.57. The molecule has 0 saturated carbocycles. The predicted octanol–water partition coefficient (Wildman–Crippen LogP) is 2.37. The van der Waals surface area contributed by atoms with E-state index in [9.17, 15) is 24.5 Å². The van der Waals surface area contributed by atoms with Crippen LogP contribution >= 0.6 is 0 Å². The van der Waals surface area contributed by atoms with Crippen molar-refractivity contribution in [2.45, 2.75) is 59.5 Å². The number of rotatable bonds is 12. The van der Waals surface area contributed by atoms with Crippen molar-refractivity contribution in [2.24, 2.45) is 17.3 Å². The minimum Gasteiger partial charge on any atom is -0.497 e. The number of esters is 1. The van der Waals surface area contributed by atoms with Crippen LogP contribution in [0, 0.1) is 27.4 Å². The molecule has 0 aliphatic carbocycles. The average Bonchev–Trinajstić information content (AvgIpc) is 2.74. The Morgan fingerprint density at radius 2 is 1.74 bits per heavy atom. The second-order valence-corrected chi connectivity index (χ2v) is 9.79. The maximum absolute atomic E-state index is 13.2. The highest BCUT2D eigenvalue weighted by atomic mass is 16.6. The van der Waals surface area contributed by atoms with Crippen LogP contribution in [0.4, 0.5) is 0 Å². The topological polar surface area (TPSA) is 137 Å². The third-order valence-corrected chi connectivity index (χ3v) is 5.29. The number of methoxy groups -OCH3 is 2. The Balaban J connectivity index is 3.11. The van der Waals surface area contributed by atoms with Crippen molar-refractivity contribution in [3.05, 3.63) is 39.9 Å². The highest BCUT2D eigenvalue weighted by Gasteiger charge is 2.37. The van der Waals surface area contributed by atoms with E-state index in [0.29, 0.717) is 12.2 Å². The number of carbonyl (C=O) groups is 3. The lowest BCUT2D eigenvalue weighted by atomic mass is 9.85. The third kappa shape index (κ3) is 9.36. The summed E-state index contributed by atoms with van der Waals surface area (Å²) in [6.45, 7) is 8.50. The summed E-state index contributed by atoms with van der Waals surface area (Å²) in [6.07, 6.45) is 0.462. The van der Waals surface area contributed by atoms with E-state index in [1.54, 1.807) is 45.0 Å². The van der Waals surface area contributed by atoms with E-state index in [0.717, 1.165) is 5.56 Å². The molecule has 10 heteroatoms. The SMILES string of the molecule is COC(=O)[C@H](Cc1cccc(OC)c1)NC(=O)[C@@H](NC(=O)[C@H](CC(C)C)C[N+](=O)[O-])C(C)(C)C.